The fourth-order valence-electron chi connectivity index (χ4n) is 6.39. The lowest BCUT2D eigenvalue weighted by Gasteiger charge is -2.41. The van der Waals surface area contributed by atoms with E-state index in [4.69, 9.17) is 4.74 Å². The normalized spacial score (nSPS) is 12.8. The summed E-state index contributed by atoms with van der Waals surface area (Å²) in [5, 5.41) is 2.04. The molecule has 230 valence electrons. The van der Waals surface area contributed by atoms with Gasteiger partial charge in [0.25, 0.3) is 8.32 Å². The predicted octanol–water partition coefficient (Wildman–Crippen LogP) is 9.35. The summed E-state index contributed by atoms with van der Waals surface area (Å²) < 4.78 is 5.27. The van der Waals surface area contributed by atoms with Crippen LogP contribution in [0, 0.1) is 5.92 Å². The third kappa shape index (κ3) is 12.5. The maximum absolute atomic E-state index is 12.3. The second-order valence-corrected chi connectivity index (χ2v) is 16.7. The molecule has 0 aliphatic carbocycles. The Labute approximate surface area is 253 Å². The van der Waals surface area contributed by atoms with Gasteiger partial charge in [0.1, 0.15) is 0 Å². The summed E-state index contributed by atoms with van der Waals surface area (Å²) in [7, 11) is -2.90. The zero-order valence-electron chi connectivity index (χ0n) is 26.8. The van der Waals surface area contributed by atoms with Gasteiger partial charge in [-0.1, -0.05) is 165 Å². The largest absolute Gasteiger partial charge is 0.466 e. The second kappa shape index (κ2) is 20.1. The van der Waals surface area contributed by atoms with E-state index >= 15 is 0 Å². The molecule has 1 atom stereocenters. The fourth-order valence-corrected chi connectivity index (χ4v) is 10.2. The second-order valence-electron chi connectivity index (χ2n) is 12.8. The minimum atomic E-state index is -2.90. The van der Waals surface area contributed by atoms with Crippen molar-refractivity contribution in [2.45, 2.75) is 142 Å². The van der Waals surface area contributed by atoms with Gasteiger partial charge in [-0.05, 0) is 47.5 Å². The van der Waals surface area contributed by atoms with Crippen LogP contribution in [0.4, 0.5) is 0 Å². The molecule has 0 amide bonds. The highest BCUT2D eigenvalue weighted by Crippen LogP contribution is 2.40. The van der Waals surface area contributed by atoms with Gasteiger partial charge in [-0.3, -0.25) is 4.79 Å². The summed E-state index contributed by atoms with van der Waals surface area (Å²) in [6, 6.07) is 20.7. The molecular weight excluding hydrogens is 520 g/mol. The standard InChI is InChI=1S/C37H60O3Si/c1-5-7-8-9-10-13-18-25-33(32-36(38)40-6-2)26-19-14-11-12-15-24-31-37(3,4)41(39,34-27-20-16-21-28-34)35-29-22-17-23-30-35/h16-17,20-23,27-30,33,39H,5-15,18-19,24-26,31-32H2,1-4H3. The number of carbonyl (C=O) groups excluding carboxylic acids is 1. The molecule has 0 fully saturated rings. The van der Waals surface area contributed by atoms with Crippen molar-refractivity contribution in [3.05, 3.63) is 60.7 Å². The Kier molecular flexibility index (Phi) is 17.3. The van der Waals surface area contributed by atoms with E-state index in [2.05, 4.69) is 69.3 Å². The maximum Gasteiger partial charge on any atom is 0.306 e. The van der Waals surface area contributed by atoms with Gasteiger partial charge in [0.15, 0.2) is 0 Å². The molecule has 0 radical (unpaired) electrons. The van der Waals surface area contributed by atoms with Crippen molar-refractivity contribution in [2.24, 2.45) is 5.92 Å². The van der Waals surface area contributed by atoms with Crippen LogP contribution in [0.1, 0.15) is 137 Å². The van der Waals surface area contributed by atoms with Gasteiger partial charge < -0.3 is 9.53 Å². The van der Waals surface area contributed by atoms with E-state index < -0.39 is 8.32 Å². The number of unbranched alkanes of at least 4 members (excludes halogenated alkanes) is 11. The zero-order chi connectivity index (χ0) is 29.8. The van der Waals surface area contributed by atoms with E-state index in [-0.39, 0.29) is 11.0 Å². The van der Waals surface area contributed by atoms with Crippen LogP contribution in [-0.4, -0.2) is 25.7 Å². The Morgan fingerprint density at radius 2 is 1.15 bits per heavy atom. The molecule has 3 nitrogen and oxygen atoms in total. The highest BCUT2D eigenvalue weighted by atomic mass is 28.4. The van der Waals surface area contributed by atoms with Crippen LogP contribution in [0.15, 0.2) is 60.7 Å². The average molecular weight is 581 g/mol. The Bertz CT molecular complexity index is 888. The summed E-state index contributed by atoms with van der Waals surface area (Å²) in [6.07, 6.45) is 20.5. The van der Waals surface area contributed by atoms with Crippen molar-refractivity contribution >= 4 is 24.7 Å². The highest BCUT2D eigenvalue weighted by molar-refractivity contribution is 6.98. The Balaban J connectivity index is 1.74. The number of rotatable bonds is 23. The third-order valence-electron chi connectivity index (χ3n) is 9.00. The van der Waals surface area contributed by atoms with Gasteiger partial charge in [-0.25, -0.2) is 0 Å². The van der Waals surface area contributed by atoms with Crippen LogP contribution < -0.4 is 10.4 Å². The molecular formula is C37H60O3Si. The first-order chi connectivity index (χ1) is 19.8. The Morgan fingerprint density at radius 3 is 1.61 bits per heavy atom. The van der Waals surface area contributed by atoms with Crippen molar-refractivity contribution in [3.63, 3.8) is 0 Å². The summed E-state index contributed by atoms with van der Waals surface area (Å²) >= 11 is 0. The van der Waals surface area contributed by atoms with Gasteiger partial charge in [0.2, 0.25) is 0 Å². The quantitative estimate of drug-likeness (QED) is 0.0809. The van der Waals surface area contributed by atoms with Crippen LogP contribution >= 0.6 is 0 Å². The lowest BCUT2D eigenvalue weighted by molar-refractivity contribution is -0.144. The van der Waals surface area contributed by atoms with E-state index in [0.717, 1.165) is 36.1 Å². The van der Waals surface area contributed by atoms with Gasteiger partial charge in [-0.2, -0.15) is 0 Å². The van der Waals surface area contributed by atoms with E-state index in [1.54, 1.807) is 0 Å². The maximum atomic E-state index is 12.3. The summed E-state index contributed by atoms with van der Waals surface area (Å²) in [5.74, 6) is 0.460. The minimum absolute atomic E-state index is 0.0161. The lowest BCUT2D eigenvalue weighted by atomic mass is 9.91. The Hall–Kier alpha value is -1.91. The molecule has 0 heterocycles. The summed E-state index contributed by atoms with van der Waals surface area (Å²) in [6.45, 7) is 9.19. The average Bonchev–Trinajstić information content (AvgIpc) is 2.98. The van der Waals surface area contributed by atoms with Crippen LogP contribution in [0.5, 0.6) is 0 Å². The van der Waals surface area contributed by atoms with E-state index in [1.807, 2.05) is 19.1 Å². The van der Waals surface area contributed by atoms with Gasteiger partial charge >= 0.3 is 5.97 Å². The smallest absolute Gasteiger partial charge is 0.306 e. The van der Waals surface area contributed by atoms with E-state index in [9.17, 15) is 9.59 Å². The van der Waals surface area contributed by atoms with Crippen LogP contribution in [0.25, 0.3) is 0 Å². The van der Waals surface area contributed by atoms with Crippen molar-refractivity contribution in [3.8, 4) is 0 Å². The van der Waals surface area contributed by atoms with Crippen molar-refractivity contribution in [1.82, 2.24) is 0 Å². The summed E-state index contributed by atoms with van der Waals surface area (Å²) in [5.41, 5.74) is 0. The first-order valence-corrected chi connectivity index (χ1v) is 18.8. The van der Waals surface area contributed by atoms with Gasteiger partial charge in [-0.15, -0.1) is 0 Å². The lowest BCUT2D eigenvalue weighted by Crippen LogP contribution is -2.65. The molecule has 4 heteroatoms. The van der Waals surface area contributed by atoms with Gasteiger partial charge in [0.05, 0.1) is 6.61 Å². The van der Waals surface area contributed by atoms with Crippen LogP contribution in [-0.2, 0) is 9.53 Å². The number of esters is 1. The molecule has 2 aromatic rings. The minimum Gasteiger partial charge on any atom is -0.466 e. The number of hydrogen-bond acceptors (Lipinski definition) is 3. The molecule has 1 unspecified atom stereocenters. The molecule has 2 rings (SSSR count). The number of hydrogen-bond donors (Lipinski definition) is 1. The molecule has 0 aliphatic heterocycles. The Morgan fingerprint density at radius 1 is 0.707 bits per heavy atom. The van der Waals surface area contributed by atoms with Crippen molar-refractivity contribution in [1.29, 1.82) is 0 Å². The molecule has 0 aromatic heterocycles. The molecule has 41 heavy (non-hydrogen) atoms. The topological polar surface area (TPSA) is 46.5 Å². The zero-order valence-corrected chi connectivity index (χ0v) is 27.8. The number of benzene rings is 2. The van der Waals surface area contributed by atoms with Gasteiger partial charge in [0, 0.05) is 6.42 Å². The first-order valence-electron chi connectivity index (χ1n) is 16.8. The molecule has 0 bridgehead atoms. The monoisotopic (exact) mass is 580 g/mol. The number of carbonyl (C=O) groups is 1. The SMILES string of the molecule is CCCCCCCCCC(CCCCCCCCC(C)(C)[Si](O)(c1ccccc1)c1ccccc1)CC(=O)OCC. The molecule has 2 aromatic carbocycles. The molecule has 0 aliphatic rings. The summed E-state index contributed by atoms with van der Waals surface area (Å²) in [4.78, 5) is 24.5. The number of ether oxygens (including phenoxy) is 1. The molecule has 0 spiro atoms. The van der Waals surface area contributed by atoms with Crippen LogP contribution in [0.3, 0.4) is 0 Å². The van der Waals surface area contributed by atoms with E-state index in [1.165, 1.54) is 77.0 Å². The van der Waals surface area contributed by atoms with Crippen molar-refractivity contribution < 1.29 is 14.3 Å². The van der Waals surface area contributed by atoms with Crippen molar-refractivity contribution in [2.75, 3.05) is 6.61 Å². The first kappa shape index (κ1) is 35.3. The fraction of sp³-hybridized carbons (Fsp3) is 0.649. The highest BCUT2D eigenvalue weighted by Gasteiger charge is 2.49. The van der Waals surface area contributed by atoms with E-state index in [0.29, 0.717) is 18.9 Å². The molecule has 0 saturated carbocycles. The molecule has 0 saturated heterocycles. The third-order valence-corrected chi connectivity index (χ3v) is 13.5. The molecule has 1 N–H and O–H groups in total. The van der Waals surface area contributed by atoms with Crippen LogP contribution in [0.2, 0.25) is 5.04 Å². The predicted molar refractivity (Wildman–Crippen MR) is 178 cm³/mol.